The molecule has 0 spiro atoms. The van der Waals surface area contributed by atoms with Crippen molar-refractivity contribution in [3.05, 3.63) is 78.1 Å². The lowest BCUT2D eigenvalue weighted by Crippen LogP contribution is -2.47. The number of amides is 2. The number of ether oxygens (including phenoxy) is 1. The van der Waals surface area contributed by atoms with E-state index in [-0.39, 0.29) is 36.6 Å². The maximum Gasteiger partial charge on any atom is 0.242 e. The Labute approximate surface area is 279 Å². The molecule has 1 N–H and O–H groups in total. The van der Waals surface area contributed by atoms with Gasteiger partial charge in [0, 0.05) is 51.7 Å². The van der Waals surface area contributed by atoms with Gasteiger partial charge in [0.05, 0.1) is 29.9 Å². The maximum absolute atomic E-state index is 13.2. The van der Waals surface area contributed by atoms with Crippen LogP contribution in [-0.2, 0) is 32.6 Å². The molecule has 2 amide bonds. The quantitative estimate of drug-likeness (QED) is 0.196. The minimum atomic E-state index is -3.42. The summed E-state index contributed by atoms with van der Waals surface area (Å²) in [6, 6.07) is 16.9. The van der Waals surface area contributed by atoms with E-state index >= 15 is 0 Å². The second-order valence-electron chi connectivity index (χ2n) is 11.3. The highest BCUT2D eigenvalue weighted by Crippen LogP contribution is 2.40. The van der Waals surface area contributed by atoms with Crippen LogP contribution >= 0.6 is 24.8 Å². The molecule has 246 valence electrons. The summed E-state index contributed by atoms with van der Waals surface area (Å²) in [6.07, 6.45) is 6.27. The molecule has 4 rings (SSSR count). The molecule has 0 saturated heterocycles. The van der Waals surface area contributed by atoms with Crippen LogP contribution < -0.4 is 19.3 Å². The van der Waals surface area contributed by atoms with E-state index in [1.165, 1.54) is 4.90 Å². The van der Waals surface area contributed by atoms with Gasteiger partial charge < -0.3 is 14.5 Å². The molecular formula is C32H43Cl2N5O5S. The molecule has 0 bridgehead atoms. The molecule has 1 aromatic heterocycles. The highest BCUT2D eigenvalue weighted by molar-refractivity contribution is 7.92. The van der Waals surface area contributed by atoms with Gasteiger partial charge in [-0.1, -0.05) is 24.3 Å². The second kappa shape index (κ2) is 16.3. The van der Waals surface area contributed by atoms with Gasteiger partial charge in [0.25, 0.3) is 0 Å². The van der Waals surface area contributed by atoms with Gasteiger partial charge in [-0.2, -0.15) is 0 Å². The fourth-order valence-corrected chi connectivity index (χ4v) is 5.85. The first-order valence-corrected chi connectivity index (χ1v) is 16.3. The van der Waals surface area contributed by atoms with E-state index in [4.69, 9.17) is 4.74 Å². The van der Waals surface area contributed by atoms with Crippen LogP contribution in [0.1, 0.15) is 38.3 Å². The minimum Gasteiger partial charge on any atom is -0.493 e. The predicted molar refractivity (Wildman–Crippen MR) is 184 cm³/mol. The van der Waals surface area contributed by atoms with Gasteiger partial charge in [0.1, 0.15) is 11.2 Å². The largest absolute Gasteiger partial charge is 0.493 e. The molecule has 45 heavy (non-hydrogen) atoms. The number of anilines is 3. The average Bonchev–Trinajstić information content (AvgIpc) is 3.02. The Morgan fingerprint density at radius 2 is 1.71 bits per heavy atom. The number of carbonyl (C=O) groups is 2. The molecule has 1 aliphatic heterocycles. The topological polar surface area (TPSA) is 112 Å². The lowest BCUT2D eigenvalue weighted by molar-refractivity contribution is -0.137. The number of benzene rings is 2. The van der Waals surface area contributed by atoms with Gasteiger partial charge in [-0.15, -0.1) is 24.8 Å². The summed E-state index contributed by atoms with van der Waals surface area (Å²) in [6.45, 7) is 8.13. The van der Waals surface area contributed by atoms with Crippen LogP contribution in [0.4, 0.5) is 17.1 Å². The van der Waals surface area contributed by atoms with E-state index in [9.17, 15) is 18.0 Å². The number of para-hydroxylation sites is 1. The van der Waals surface area contributed by atoms with Crippen molar-refractivity contribution in [2.24, 2.45) is 5.41 Å². The van der Waals surface area contributed by atoms with Crippen LogP contribution in [-0.4, -0.2) is 69.7 Å². The van der Waals surface area contributed by atoms with E-state index in [0.717, 1.165) is 30.3 Å². The first-order chi connectivity index (χ1) is 20.4. The zero-order valence-corrected chi connectivity index (χ0v) is 28.8. The molecule has 10 nitrogen and oxygen atoms in total. The maximum atomic E-state index is 13.2. The summed E-state index contributed by atoms with van der Waals surface area (Å²) in [5.41, 5.74) is 2.73. The van der Waals surface area contributed by atoms with Crippen LogP contribution in [0.15, 0.2) is 67.0 Å². The number of pyridine rings is 1. The molecule has 2 heterocycles. The van der Waals surface area contributed by atoms with Crippen LogP contribution in [0.2, 0.25) is 0 Å². The monoisotopic (exact) mass is 679 g/mol. The molecule has 0 saturated carbocycles. The van der Waals surface area contributed by atoms with Crippen molar-refractivity contribution in [1.29, 1.82) is 0 Å². The van der Waals surface area contributed by atoms with Gasteiger partial charge >= 0.3 is 0 Å². The number of rotatable bonds is 13. The number of aromatic nitrogens is 1. The summed E-state index contributed by atoms with van der Waals surface area (Å²) in [5.74, 6) is 0.131. The smallest absolute Gasteiger partial charge is 0.242 e. The summed E-state index contributed by atoms with van der Waals surface area (Å²) < 4.78 is 32.6. The second-order valence-corrected chi connectivity index (χ2v) is 13.1. The minimum absolute atomic E-state index is 0. The standard InChI is InChI=1S/C32H41N5O5S.2ClH/c1-6-37-28-15-14-26(21-29(28)35(4)30(38)32(2,3)31(37)39)42-20-10-18-36(19-16-24-11-9-17-33-22-24)23-25-12-7-8-13-27(25)34-43(5,40)41;;/h7-9,11-15,17,21-22,34H,6,10,16,18-20,23H2,1-5H3;2*1H. The van der Waals surface area contributed by atoms with Crippen molar-refractivity contribution in [3.8, 4) is 5.75 Å². The highest BCUT2D eigenvalue weighted by atomic mass is 35.5. The van der Waals surface area contributed by atoms with E-state index in [0.29, 0.717) is 55.5 Å². The number of hydrogen-bond acceptors (Lipinski definition) is 7. The van der Waals surface area contributed by atoms with Crippen LogP contribution in [0, 0.1) is 5.41 Å². The lowest BCUT2D eigenvalue weighted by atomic mass is 9.90. The van der Waals surface area contributed by atoms with Gasteiger partial charge in [-0.25, -0.2) is 8.42 Å². The molecular weight excluding hydrogens is 637 g/mol. The summed E-state index contributed by atoms with van der Waals surface area (Å²) >= 11 is 0. The third-order valence-electron chi connectivity index (χ3n) is 7.57. The van der Waals surface area contributed by atoms with Gasteiger partial charge in [0.2, 0.25) is 21.8 Å². The van der Waals surface area contributed by atoms with Crippen molar-refractivity contribution in [2.45, 2.75) is 40.2 Å². The Kier molecular flexibility index (Phi) is 13.7. The summed E-state index contributed by atoms with van der Waals surface area (Å²) in [4.78, 5) is 36.0. The average molecular weight is 681 g/mol. The zero-order valence-electron chi connectivity index (χ0n) is 26.4. The van der Waals surface area contributed by atoms with Crippen molar-refractivity contribution in [2.75, 3.05) is 54.1 Å². The number of halogens is 2. The molecule has 0 radical (unpaired) electrons. The van der Waals surface area contributed by atoms with Gasteiger partial charge in [-0.05, 0) is 69.0 Å². The Morgan fingerprint density at radius 1 is 0.978 bits per heavy atom. The van der Waals surface area contributed by atoms with Crippen molar-refractivity contribution >= 4 is 63.7 Å². The Hall–Kier alpha value is -3.38. The Balaban J connectivity index is 0.00000353. The number of carbonyl (C=O) groups excluding carboxylic acids is 2. The lowest BCUT2D eigenvalue weighted by Gasteiger charge is -2.27. The molecule has 0 atom stereocenters. The first-order valence-electron chi connectivity index (χ1n) is 14.4. The molecule has 0 unspecified atom stereocenters. The Bertz CT molecular complexity index is 1560. The zero-order chi connectivity index (χ0) is 31.2. The SMILES string of the molecule is CCN1C(=O)C(C)(C)C(=O)N(C)c2cc(OCCCN(CCc3cccnc3)Cc3ccccc3NS(C)(=O)=O)ccc21.Cl.Cl. The number of fused-ring (bicyclic) bond motifs is 1. The Morgan fingerprint density at radius 3 is 2.38 bits per heavy atom. The van der Waals surface area contributed by atoms with E-state index in [2.05, 4.69) is 14.6 Å². The van der Waals surface area contributed by atoms with E-state index < -0.39 is 15.4 Å². The molecule has 0 aliphatic carbocycles. The number of nitrogens with one attached hydrogen (secondary N) is 1. The third kappa shape index (κ3) is 9.56. The van der Waals surface area contributed by atoms with E-state index in [1.54, 1.807) is 38.1 Å². The van der Waals surface area contributed by atoms with Crippen LogP contribution in [0.5, 0.6) is 5.75 Å². The molecule has 1 aliphatic rings. The van der Waals surface area contributed by atoms with Crippen molar-refractivity contribution in [1.82, 2.24) is 9.88 Å². The highest BCUT2D eigenvalue weighted by Gasteiger charge is 2.45. The number of hydrogen-bond donors (Lipinski definition) is 1. The first kappa shape index (κ1) is 37.8. The molecule has 3 aromatic rings. The normalized spacial score (nSPS) is 14.3. The van der Waals surface area contributed by atoms with Gasteiger partial charge in [0.15, 0.2) is 0 Å². The van der Waals surface area contributed by atoms with Gasteiger partial charge in [-0.3, -0.25) is 24.2 Å². The van der Waals surface area contributed by atoms with Crippen LogP contribution in [0.25, 0.3) is 0 Å². The third-order valence-corrected chi connectivity index (χ3v) is 8.16. The molecule has 13 heteroatoms. The van der Waals surface area contributed by atoms with Crippen LogP contribution in [0.3, 0.4) is 0 Å². The summed E-state index contributed by atoms with van der Waals surface area (Å²) in [5, 5.41) is 0. The fourth-order valence-electron chi connectivity index (χ4n) is 5.25. The fraction of sp³-hybridized carbons (Fsp3) is 0.406. The van der Waals surface area contributed by atoms with Crippen molar-refractivity contribution in [3.63, 3.8) is 0 Å². The summed E-state index contributed by atoms with van der Waals surface area (Å²) in [7, 11) is -1.73. The number of nitrogens with zero attached hydrogens (tertiary/aromatic N) is 4. The van der Waals surface area contributed by atoms with Crippen molar-refractivity contribution < 1.29 is 22.7 Å². The molecule has 0 fully saturated rings. The number of sulfonamides is 1. The molecule has 2 aromatic carbocycles. The van der Waals surface area contributed by atoms with E-state index in [1.807, 2.05) is 61.7 Å². The predicted octanol–water partition coefficient (Wildman–Crippen LogP) is 5.17.